The second-order valence-electron chi connectivity index (χ2n) is 3.63. The highest BCUT2D eigenvalue weighted by atomic mass is 16.6. The molecule has 2 rings (SSSR count). The highest BCUT2D eigenvalue weighted by Gasteiger charge is 2.17. The summed E-state index contributed by atoms with van der Waals surface area (Å²) in [6, 6.07) is 1.84. The minimum absolute atomic E-state index is 0.0385. The van der Waals surface area contributed by atoms with Gasteiger partial charge < -0.3 is 5.32 Å². The highest BCUT2D eigenvalue weighted by molar-refractivity contribution is 5.54. The number of nitrogens with zero attached hydrogens (tertiary/aromatic N) is 5. The van der Waals surface area contributed by atoms with Gasteiger partial charge in [-0.15, -0.1) is 5.10 Å². The maximum Gasteiger partial charge on any atom is 0.330 e. The molecule has 2 aromatic rings. The first kappa shape index (κ1) is 11.1. The largest absolute Gasteiger partial charge is 0.357 e. The minimum Gasteiger partial charge on any atom is -0.357 e. The molecule has 0 fully saturated rings. The number of nitro groups is 1. The summed E-state index contributed by atoms with van der Waals surface area (Å²) in [5, 5.41) is 21.8. The number of aryl methyl sites for hydroxylation is 2. The van der Waals surface area contributed by atoms with Gasteiger partial charge in [0.2, 0.25) is 5.82 Å². The predicted molar refractivity (Wildman–Crippen MR) is 60.4 cm³/mol. The fraction of sp³-hybridized carbons (Fsp3) is 0.333. The maximum atomic E-state index is 10.7. The van der Waals surface area contributed by atoms with Crippen molar-refractivity contribution >= 4 is 11.5 Å². The summed E-state index contributed by atoms with van der Waals surface area (Å²) >= 11 is 0. The van der Waals surface area contributed by atoms with Gasteiger partial charge in [0.05, 0.1) is 17.2 Å². The van der Waals surface area contributed by atoms with Crippen molar-refractivity contribution < 1.29 is 4.92 Å². The van der Waals surface area contributed by atoms with Gasteiger partial charge >= 0.3 is 5.69 Å². The van der Waals surface area contributed by atoms with E-state index in [0.717, 1.165) is 5.69 Å². The number of nitrogens with one attached hydrogen (secondary N) is 1. The van der Waals surface area contributed by atoms with Gasteiger partial charge in [0.25, 0.3) is 0 Å². The van der Waals surface area contributed by atoms with E-state index in [1.807, 2.05) is 19.3 Å². The van der Waals surface area contributed by atoms with Crippen LogP contribution in [-0.2, 0) is 20.6 Å². The van der Waals surface area contributed by atoms with E-state index in [4.69, 9.17) is 0 Å². The van der Waals surface area contributed by atoms with Gasteiger partial charge in [-0.3, -0.25) is 19.5 Å². The molecule has 0 aliphatic carbocycles. The molecule has 0 aromatic carbocycles. The van der Waals surface area contributed by atoms with E-state index in [9.17, 15) is 10.1 Å². The Morgan fingerprint density at radius 3 is 2.76 bits per heavy atom. The lowest BCUT2D eigenvalue weighted by atomic mass is 10.4. The summed E-state index contributed by atoms with van der Waals surface area (Å²) in [5.74, 6) is 0.253. The summed E-state index contributed by atoms with van der Waals surface area (Å²) in [6.07, 6.45) is 3.17. The van der Waals surface area contributed by atoms with Crippen LogP contribution in [0.2, 0.25) is 0 Å². The lowest BCUT2D eigenvalue weighted by Crippen LogP contribution is -2.03. The molecule has 0 saturated carbocycles. The molecule has 0 aliphatic rings. The van der Waals surface area contributed by atoms with Gasteiger partial charge in [0.1, 0.15) is 6.20 Å². The monoisotopic (exact) mass is 236 g/mol. The minimum atomic E-state index is -0.465. The van der Waals surface area contributed by atoms with Gasteiger partial charge in [-0.1, -0.05) is 0 Å². The average molecular weight is 236 g/mol. The third kappa shape index (κ3) is 2.41. The molecule has 0 saturated heterocycles. The third-order valence-electron chi connectivity index (χ3n) is 2.21. The van der Waals surface area contributed by atoms with E-state index in [2.05, 4.69) is 15.5 Å². The van der Waals surface area contributed by atoms with Crippen molar-refractivity contribution in [1.29, 1.82) is 0 Å². The standard InChI is InChI=1S/C9H12N6O2/c1-13-4-3-7(11-13)5-10-9-8(15(16)17)6-14(2)12-9/h3-4,6H,5H2,1-2H3,(H,10,12). The Morgan fingerprint density at radius 2 is 2.18 bits per heavy atom. The molecule has 1 N–H and O–H groups in total. The van der Waals surface area contributed by atoms with E-state index in [1.165, 1.54) is 10.9 Å². The number of aromatic nitrogens is 4. The van der Waals surface area contributed by atoms with Crippen LogP contribution in [0.25, 0.3) is 0 Å². The van der Waals surface area contributed by atoms with Crippen LogP contribution in [-0.4, -0.2) is 24.5 Å². The predicted octanol–water partition coefficient (Wildman–Crippen LogP) is 0.674. The fourth-order valence-electron chi connectivity index (χ4n) is 1.47. The molecule has 0 amide bonds. The Labute approximate surface area is 97.0 Å². The lowest BCUT2D eigenvalue weighted by Gasteiger charge is -1.99. The molecule has 0 unspecified atom stereocenters. The zero-order valence-electron chi connectivity index (χ0n) is 9.49. The second-order valence-corrected chi connectivity index (χ2v) is 3.63. The Bertz CT molecular complexity index is 543. The van der Waals surface area contributed by atoms with Gasteiger partial charge in [-0.2, -0.15) is 5.10 Å². The van der Waals surface area contributed by atoms with Gasteiger partial charge in [-0.05, 0) is 6.07 Å². The van der Waals surface area contributed by atoms with Gasteiger partial charge in [0, 0.05) is 20.3 Å². The van der Waals surface area contributed by atoms with Crippen molar-refractivity contribution in [1.82, 2.24) is 19.6 Å². The highest BCUT2D eigenvalue weighted by Crippen LogP contribution is 2.21. The normalized spacial score (nSPS) is 10.5. The van der Waals surface area contributed by atoms with E-state index >= 15 is 0 Å². The van der Waals surface area contributed by atoms with Crippen LogP contribution in [0.3, 0.4) is 0 Å². The summed E-state index contributed by atoms with van der Waals surface area (Å²) in [4.78, 5) is 10.3. The van der Waals surface area contributed by atoms with Crippen molar-refractivity contribution in [3.63, 3.8) is 0 Å². The molecule has 8 nitrogen and oxygen atoms in total. The number of anilines is 1. The van der Waals surface area contributed by atoms with E-state index in [0.29, 0.717) is 6.54 Å². The quantitative estimate of drug-likeness (QED) is 0.622. The number of hydrogen-bond donors (Lipinski definition) is 1. The molecule has 0 bridgehead atoms. The average Bonchev–Trinajstić information content (AvgIpc) is 2.82. The molecule has 0 aliphatic heterocycles. The second kappa shape index (κ2) is 4.24. The van der Waals surface area contributed by atoms with E-state index in [1.54, 1.807) is 11.7 Å². The Balaban J connectivity index is 2.11. The molecule has 2 aromatic heterocycles. The van der Waals surface area contributed by atoms with Gasteiger partial charge in [0.15, 0.2) is 0 Å². The molecular weight excluding hydrogens is 224 g/mol. The van der Waals surface area contributed by atoms with Crippen LogP contribution in [0.4, 0.5) is 11.5 Å². The topological polar surface area (TPSA) is 90.8 Å². The Kier molecular flexibility index (Phi) is 2.77. The first-order chi connectivity index (χ1) is 8.06. The van der Waals surface area contributed by atoms with Crippen LogP contribution < -0.4 is 5.32 Å². The molecule has 90 valence electrons. The SMILES string of the molecule is Cn1ccc(CNc2nn(C)cc2[N+](=O)[O-])n1. The molecule has 2 heterocycles. The molecule has 0 spiro atoms. The van der Waals surface area contributed by atoms with Crippen LogP contribution >= 0.6 is 0 Å². The van der Waals surface area contributed by atoms with Crippen LogP contribution in [0, 0.1) is 10.1 Å². The van der Waals surface area contributed by atoms with Crippen molar-refractivity contribution in [3.8, 4) is 0 Å². The molecule has 0 radical (unpaired) electrons. The summed E-state index contributed by atoms with van der Waals surface area (Å²) in [6.45, 7) is 0.401. The van der Waals surface area contributed by atoms with Crippen molar-refractivity contribution in [3.05, 3.63) is 34.3 Å². The Hall–Kier alpha value is -2.38. The number of rotatable bonds is 4. The summed E-state index contributed by atoms with van der Waals surface area (Å²) in [5.41, 5.74) is 0.760. The first-order valence-electron chi connectivity index (χ1n) is 4.96. The van der Waals surface area contributed by atoms with Crippen molar-refractivity contribution in [2.24, 2.45) is 14.1 Å². The van der Waals surface area contributed by atoms with E-state index < -0.39 is 4.92 Å². The third-order valence-corrected chi connectivity index (χ3v) is 2.21. The zero-order valence-corrected chi connectivity index (χ0v) is 9.49. The summed E-state index contributed by atoms with van der Waals surface area (Å²) in [7, 11) is 3.45. The molecule has 17 heavy (non-hydrogen) atoms. The smallest absolute Gasteiger partial charge is 0.330 e. The molecule has 8 heteroatoms. The summed E-state index contributed by atoms with van der Waals surface area (Å²) < 4.78 is 3.07. The van der Waals surface area contributed by atoms with Crippen molar-refractivity contribution in [2.75, 3.05) is 5.32 Å². The fourth-order valence-corrected chi connectivity index (χ4v) is 1.47. The van der Waals surface area contributed by atoms with Crippen LogP contribution in [0.5, 0.6) is 0 Å². The van der Waals surface area contributed by atoms with Crippen LogP contribution in [0.15, 0.2) is 18.5 Å². The van der Waals surface area contributed by atoms with Gasteiger partial charge in [-0.25, -0.2) is 0 Å². The maximum absolute atomic E-state index is 10.7. The van der Waals surface area contributed by atoms with E-state index in [-0.39, 0.29) is 11.5 Å². The molecule has 0 atom stereocenters. The van der Waals surface area contributed by atoms with Crippen LogP contribution in [0.1, 0.15) is 5.69 Å². The lowest BCUT2D eigenvalue weighted by molar-refractivity contribution is -0.384. The Morgan fingerprint density at radius 1 is 1.41 bits per heavy atom. The zero-order chi connectivity index (χ0) is 12.4. The van der Waals surface area contributed by atoms with Crippen molar-refractivity contribution in [2.45, 2.75) is 6.54 Å². The first-order valence-corrected chi connectivity index (χ1v) is 4.96. The molecular formula is C9H12N6O2. The number of hydrogen-bond acceptors (Lipinski definition) is 5.